The van der Waals surface area contributed by atoms with Gasteiger partial charge in [-0.15, -0.1) is 0 Å². The summed E-state index contributed by atoms with van der Waals surface area (Å²) in [5, 5.41) is 3.97. The van der Waals surface area contributed by atoms with Gasteiger partial charge in [0.05, 0.1) is 11.1 Å². The van der Waals surface area contributed by atoms with Crippen molar-refractivity contribution in [3.8, 4) is 0 Å². The van der Waals surface area contributed by atoms with Gasteiger partial charge in [-0.2, -0.15) is 0 Å². The Hall–Kier alpha value is -0.900. The molecule has 0 saturated heterocycles. The van der Waals surface area contributed by atoms with E-state index in [4.69, 9.17) is 11.6 Å². The maximum absolute atomic E-state index is 14.5. The molecule has 2 rings (SSSR count). The van der Waals surface area contributed by atoms with E-state index in [2.05, 4.69) is 21.2 Å². The summed E-state index contributed by atoms with van der Waals surface area (Å²) in [5.74, 6) is -0.183. The molecule has 0 spiro atoms. The molecule has 0 radical (unpaired) electrons. The van der Waals surface area contributed by atoms with Crippen molar-refractivity contribution >= 4 is 27.5 Å². The van der Waals surface area contributed by atoms with Crippen LogP contribution in [0.3, 0.4) is 0 Å². The zero-order valence-electron chi connectivity index (χ0n) is 12.3. The van der Waals surface area contributed by atoms with Crippen LogP contribution in [0.5, 0.6) is 0 Å². The fraction of sp³-hybridized carbons (Fsp3) is 0.294. The fourth-order valence-electron chi connectivity index (χ4n) is 2.58. The SMILES string of the molecule is CCNC(c1ccc(Br)c(Cl)c1)c1c(C)cc(C)cc1F. The topological polar surface area (TPSA) is 12.0 Å². The first-order valence-corrected chi connectivity index (χ1v) is 8.06. The van der Waals surface area contributed by atoms with Gasteiger partial charge in [0.15, 0.2) is 0 Å². The molecule has 1 nitrogen and oxygen atoms in total. The number of rotatable bonds is 4. The number of benzene rings is 2. The summed E-state index contributed by atoms with van der Waals surface area (Å²) >= 11 is 9.57. The normalized spacial score (nSPS) is 12.5. The van der Waals surface area contributed by atoms with E-state index in [-0.39, 0.29) is 11.9 Å². The van der Waals surface area contributed by atoms with E-state index in [9.17, 15) is 4.39 Å². The minimum atomic E-state index is -0.207. The molecule has 0 aliphatic carbocycles. The maximum Gasteiger partial charge on any atom is 0.128 e. The van der Waals surface area contributed by atoms with E-state index in [0.717, 1.165) is 27.7 Å². The summed E-state index contributed by atoms with van der Waals surface area (Å²) in [5.41, 5.74) is 3.51. The molecule has 2 aromatic carbocycles. The van der Waals surface area contributed by atoms with Gasteiger partial charge >= 0.3 is 0 Å². The second-order valence-electron chi connectivity index (χ2n) is 5.14. The van der Waals surface area contributed by atoms with Gasteiger partial charge < -0.3 is 5.32 Å². The van der Waals surface area contributed by atoms with Crippen molar-refractivity contribution in [1.29, 1.82) is 0 Å². The number of nitrogens with one attached hydrogen (secondary N) is 1. The molecule has 0 heterocycles. The summed E-state index contributed by atoms with van der Waals surface area (Å²) in [7, 11) is 0. The van der Waals surface area contributed by atoms with Crippen molar-refractivity contribution < 1.29 is 4.39 Å². The van der Waals surface area contributed by atoms with Crippen LogP contribution in [0.1, 0.15) is 35.2 Å². The predicted octanol–water partition coefficient (Wildman–Crippen LogP) is 5.56. The van der Waals surface area contributed by atoms with E-state index in [0.29, 0.717) is 10.6 Å². The van der Waals surface area contributed by atoms with Crippen LogP contribution >= 0.6 is 27.5 Å². The van der Waals surface area contributed by atoms with Gasteiger partial charge in [-0.3, -0.25) is 0 Å². The van der Waals surface area contributed by atoms with Crippen LogP contribution in [0.15, 0.2) is 34.8 Å². The Morgan fingerprint density at radius 3 is 2.52 bits per heavy atom. The number of hydrogen-bond acceptors (Lipinski definition) is 1. The Morgan fingerprint density at radius 2 is 1.95 bits per heavy atom. The molecule has 112 valence electrons. The van der Waals surface area contributed by atoms with E-state index >= 15 is 0 Å². The van der Waals surface area contributed by atoms with Gasteiger partial charge in [0.2, 0.25) is 0 Å². The third-order valence-corrected chi connectivity index (χ3v) is 4.69. The molecular weight excluding hydrogens is 353 g/mol. The molecule has 2 aromatic rings. The number of halogens is 3. The highest BCUT2D eigenvalue weighted by molar-refractivity contribution is 9.10. The predicted molar refractivity (Wildman–Crippen MR) is 90.5 cm³/mol. The lowest BCUT2D eigenvalue weighted by molar-refractivity contribution is 0.555. The summed E-state index contributed by atoms with van der Waals surface area (Å²) in [4.78, 5) is 0. The Labute approximate surface area is 138 Å². The Balaban J connectivity index is 2.55. The van der Waals surface area contributed by atoms with Crippen molar-refractivity contribution in [3.63, 3.8) is 0 Å². The molecule has 1 unspecified atom stereocenters. The minimum absolute atomic E-state index is 0.183. The molecule has 0 saturated carbocycles. The zero-order chi connectivity index (χ0) is 15.6. The van der Waals surface area contributed by atoms with Crippen LogP contribution < -0.4 is 5.32 Å². The molecule has 0 amide bonds. The Morgan fingerprint density at radius 1 is 1.24 bits per heavy atom. The van der Waals surface area contributed by atoms with Crippen LogP contribution in [0.4, 0.5) is 4.39 Å². The first-order chi connectivity index (χ1) is 9.93. The van der Waals surface area contributed by atoms with Gasteiger partial charge in [-0.25, -0.2) is 4.39 Å². The van der Waals surface area contributed by atoms with Crippen LogP contribution in [0.2, 0.25) is 5.02 Å². The average Bonchev–Trinajstić information content (AvgIpc) is 2.40. The molecule has 0 fully saturated rings. The summed E-state index contributed by atoms with van der Waals surface area (Å²) in [6, 6.07) is 9.10. The lowest BCUT2D eigenvalue weighted by atomic mass is 9.93. The first kappa shape index (κ1) is 16.5. The van der Waals surface area contributed by atoms with E-state index in [1.807, 2.05) is 45.0 Å². The maximum atomic E-state index is 14.5. The fourth-order valence-corrected chi connectivity index (χ4v) is 3.01. The van der Waals surface area contributed by atoms with E-state index in [1.54, 1.807) is 6.07 Å². The molecular formula is C17H18BrClFN. The number of hydrogen-bond donors (Lipinski definition) is 1. The highest BCUT2D eigenvalue weighted by Gasteiger charge is 2.20. The Bertz CT molecular complexity index is 634. The van der Waals surface area contributed by atoms with Crippen molar-refractivity contribution in [1.82, 2.24) is 5.32 Å². The van der Waals surface area contributed by atoms with E-state index in [1.165, 1.54) is 0 Å². The summed E-state index contributed by atoms with van der Waals surface area (Å²) in [6.07, 6.45) is 0. The lowest BCUT2D eigenvalue weighted by Gasteiger charge is -2.22. The molecule has 1 N–H and O–H groups in total. The van der Waals surface area contributed by atoms with E-state index < -0.39 is 0 Å². The summed E-state index contributed by atoms with van der Waals surface area (Å²) in [6.45, 7) is 6.59. The average molecular weight is 371 g/mol. The van der Waals surface area contributed by atoms with Crippen LogP contribution in [0, 0.1) is 19.7 Å². The zero-order valence-corrected chi connectivity index (χ0v) is 14.6. The molecule has 0 aliphatic heterocycles. The minimum Gasteiger partial charge on any atom is -0.306 e. The van der Waals surface area contributed by atoms with Gasteiger partial charge in [0.1, 0.15) is 5.82 Å². The van der Waals surface area contributed by atoms with Crippen LogP contribution in [-0.2, 0) is 0 Å². The van der Waals surface area contributed by atoms with Gasteiger partial charge in [-0.05, 0) is 71.2 Å². The highest BCUT2D eigenvalue weighted by Crippen LogP contribution is 2.32. The van der Waals surface area contributed by atoms with Gasteiger partial charge in [-0.1, -0.05) is 30.7 Å². The van der Waals surface area contributed by atoms with Crippen molar-refractivity contribution in [2.45, 2.75) is 26.8 Å². The van der Waals surface area contributed by atoms with Crippen LogP contribution in [-0.4, -0.2) is 6.54 Å². The number of aryl methyl sites for hydroxylation is 2. The molecule has 21 heavy (non-hydrogen) atoms. The third-order valence-electron chi connectivity index (χ3n) is 3.45. The smallest absolute Gasteiger partial charge is 0.128 e. The van der Waals surface area contributed by atoms with Gasteiger partial charge in [0.25, 0.3) is 0 Å². The van der Waals surface area contributed by atoms with Crippen molar-refractivity contribution in [2.75, 3.05) is 6.54 Å². The quantitative estimate of drug-likeness (QED) is 0.743. The second-order valence-corrected chi connectivity index (χ2v) is 6.40. The standard InChI is InChI=1S/C17H18BrClFN/c1-4-21-17(12-5-6-13(18)14(19)9-12)16-11(3)7-10(2)8-15(16)20/h5-9,17,21H,4H2,1-3H3. The second kappa shape index (κ2) is 6.91. The summed E-state index contributed by atoms with van der Waals surface area (Å²) < 4.78 is 15.3. The lowest BCUT2D eigenvalue weighted by Crippen LogP contribution is -2.24. The van der Waals surface area contributed by atoms with Crippen molar-refractivity contribution in [2.24, 2.45) is 0 Å². The molecule has 1 atom stereocenters. The van der Waals surface area contributed by atoms with Crippen LogP contribution in [0.25, 0.3) is 0 Å². The molecule has 0 aliphatic rings. The molecule has 0 bridgehead atoms. The van der Waals surface area contributed by atoms with Gasteiger partial charge in [0, 0.05) is 10.0 Å². The first-order valence-electron chi connectivity index (χ1n) is 6.89. The Kier molecular flexibility index (Phi) is 5.42. The molecule has 4 heteroatoms. The van der Waals surface area contributed by atoms with Crippen molar-refractivity contribution in [3.05, 3.63) is 67.9 Å². The monoisotopic (exact) mass is 369 g/mol. The highest BCUT2D eigenvalue weighted by atomic mass is 79.9. The third kappa shape index (κ3) is 3.65. The molecule has 0 aromatic heterocycles. The largest absolute Gasteiger partial charge is 0.306 e.